The lowest BCUT2D eigenvalue weighted by atomic mass is 9.98. The number of likely N-dealkylation sites (tertiary alicyclic amines) is 2. The minimum Gasteiger partial charge on any atom is -0.348 e. The Kier molecular flexibility index (Phi) is 4.58. The van der Waals surface area contributed by atoms with Crippen LogP contribution in [0.15, 0.2) is 6.33 Å². The zero-order chi connectivity index (χ0) is 14.7. The van der Waals surface area contributed by atoms with Crippen LogP contribution in [0.5, 0.6) is 0 Å². The van der Waals surface area contributed by atoms with Crippen LogP contribution in [-0.2, 0) is 11.3 Å². The summed E-state index contributed by atoms with van der Waals surface area (Å²) in [5, 5.41) is 0. The molecule has 3 rings (SSSR count). The molecule has 0 bridgehead atoms. The van der Waals surface area contributed by atoms with Gasteiger partial charge in [-0.2, -0.15) is 0 Å². The van der Waals surface area contributed by atoms with Crippen molar-refractivity contribution in [3.8, 4) is 0 Å². The molecular weight excluding hydrogens is 264 g/mol. The molecule has 1 aromatic rings. The van der Waals surface area contributed by atoms with E-state index in [1.165, 1.54) is 30.7 Å². The molecule has 0 saturated carbocycles. The molecule has 0 radical (unpaired) electrons. The van der Waals surface area contributed by atoms with Crippen molar-refractivity contribution in [3.63, 3.8) is 0 Å². The number of nitrogens with zero attached hydrogens (tertiary/aromatic N) is 3. The van der Waals surface area contributed by atoms with E-state index in [0.717, 1.165) is 45.4 Å². The molecule has 116 valence electrons. The summed E-state index contributed by atoms with van der Waals surface area (Å²) in [5.74, 6) is 0.348. The van der Waals surface area contributed by atoms with Crippen LogP contribution in [0.25, 0.3) is 0 Å². The van der Waals surface area contributed by atoms with Crippen LogP contribution in [0.3, 0.4) is 0 Å². The minimum absolute atomic E-state index is 0.348. The number of rotatable bonds is 5. The van der Waals surface area contributed by atoms with Crippen molar-refractivity contribution < 1.29 is 4.79 Å². The first kappa shape index (κ1) is 14.6. The van der Waals surface area contributed by atoms with E-state index in [4.69, 9.17) is 0 Å². The third-order valence-corrected chi connectivity index (χ3v) is 4.94. The van der Waals surface area contributed by atoms with Gasteiger partial charge in [0.25, 0.3) is 0 Å². The zero-order valence-electron chi connectivity index (χ0n) is 13.0. The summed E-state index contributed by atoms with van der Waals surface area (Å²) in [7, 11) is 0. The fourth-order valence-electron chi connectivity index (χ4n) is 3.58. The van der Waals surface area contributed by atoms with Crippen LogP contribution in [0, 0.1) is 6.92 Å². The van der Waals surface area contributed by atoms with Gasteiger partial charge < -0.3 is 9.88 Å². The number of nitrogens with one attached hydrogen (secondary N) is 1. The Hall–Kier alpha value is -1.36. The molecule has 1 aromatic heterocycles. The van der Waals surface area contributed by atoms with Gasteiger partial charge in [0.2, 0.25) is 5.91 Å². The van der Waals surface area contributed by atoms with E-state index in [1.807, 2.05) is 4.90 Å². The van der Waals surface area contributed by atoms with E-state index in [0.29, 0.717) is 11.9 Å². The first-order valence-electron chi connectivity index (χ1n) is 8.24. The van der Waals surface area contributed by atoms with Crippen molar-refractivity contribution in [3.05, 3.63) is 17.7 Å². The second-order valence-corrected chi connectivity index (χ2v) is 6.37. The van der Waals surface area contributed by atoms with E-state index in [1.54, 1.807) is 6.33 Å². The maximum absolute atomic E-state index is 11.7. The fourth-order valence-corrected chi connectivity index (χ4v) is 3.58. The second kappa shape index (κ2) is 6.60. The lowest BCUT2D eigenvalue weighted by molar-refractivity contribution is -0.127. The standard InChI is InChI=1S/C16H26N4O/c1-13-15(18-12-17-13)11-20-8-3-2-5-14(20)7-10-19-9-4-6-16(19)21/h12,14H,2-11H2,1H3,(H,17,18)/t14-/m0/s1. The Morgan fingerprint density at radius 2 is 2.24 bits per heavy atom. The molecule has 0 aliphatic carbocycles. The number of hydrogen-bond acceptors (Lipinski definition) is 3. The first-order chi connectivity index (χ1) is 10.2. The summed E-state index contributed by atoms with van der Waals surface area (Å²) < 4.78 is 0. The quantitative estimate of drug-likeness (QED) is 0.903. The van der Waals surface area contributed by atoms with Gasteiger partial charge in [0.15, 0.2) is 0 Å². The predicted octanol–water partition coefficient (Wildman–Crippen LogP) is 2.09. The smallest absolute Gasteiger partial charge is 0.222 e. The molecule has 0 unspecified atom stereocenters. The number of aromatic nitrogens is 2. The summed E-state index contributed by atoms with van der Waals surface area (Å²) in [6.45, 7) is 6.08. The van der Waals surface area contributed by atoms with Gasteiger partial charge in [-0.15, -0.1) is 0 Å². The number of aromatic amines is 1. The largest absolute Gasteiger partial charge is 0.348 e. The number of amides is 1. The summed E-state index contributed by atoms with van der Waals surface area (Å²) in [5.41, 5.74) is 2.34. The zero-order valence-corrected chi connectivity index (χ0v) is 13.0. The van der Waals surface area contributed by atoms with E-state index in [-0.39, 0.29) is 0 Å². The Balaban J connectivity index is 1.56. The summed E-state index contributed by atoms with van der Waals surface area (Å²) >= 11 is 0. The van der Waals surface area contributed by atoms with Gasteiger partial charge in [0, 0.05) is 37.8 Å². The molecule has 1 N–H and O–H groups in total. The minimum atomic E-state index is 0.348. The molecule has 21 heavy (non-hydrogen) atoms. The predicted molar refractivity (Wildman–Crippen MR) is 81.8 cm³/mol. The van der Waals surface area contributed by atoms with Gasteiger partial charge in [-0.3, -0.25) is 9.69 Å². The average Bonchev–Trinajstić information content (AvgIpc) is 3.07. The third-order valence-electron chi connectivity index (χ3n) is 4.94. The van der Waals surface area contributed by atoms with Crippen molar-refractivity contribution in [2.75, 3.05) is 19.6 Å². The molecule has 0 spiro atoms. The molecule has 0 aromatic carbocycles. The van der Waals surface area contributed by atoms with E-state index in [2.05, 4.69) is 21.8 Å². The number of hydrogen-bond donors (Lipinski definition) is 1. The maximum Gasteiger partial charge on any atom is 0.222 e. The first-order valence-corrected chi connectivity index (χ1v) is 8.24. The molecule has 1 amide bonds. The lowest BCUT2D eigenvalue weighted by Crippen LogP contribution is -2.41. The van der Waals surface area contributed by atoms with Crippen LogP contribution in [0.1, 0.15) is 49.9 Å². The molecule has 2 saturated heterocycles. The van der Waals surface area contributed by atoms with Crippen LogP contribution in [0.4, 0.5) is 0 Å². The lowest BCUT2D eigenvalue weighted by Gasteiger charge is -2.36. The number of piperidine rings is 1. The van der Waals surface area contributed by atoms with E-state index < -0.39 is 0 Å². The number of H-pyrrole nitrogens is 1. The molecular formula is C16H26N4O. The van der Waals surface area contributed by atoms with Crippen molar-refractivity contribution in [2.24, 2.45) is 0 Å². The Morgan fingerprint density at radius 3 is 2.95 bits per heavy atom. The van der Waals surface area contributed by atoms with Gasteiger partial charge >= 0.3 is 0 Å². The van der Waals surface area contributed by atoms with Gasteiger partial charge in [-0.1, -0.05) is 6.42 Å². The molecule has 1 atom stereocenters. The Labute approximate surface area is 126 Å². The van der Waals surface area contributed by atoms with Crippen molar-refractivity contribution in [1.29, 1.82) is 0 Å². The molecule has 2 aliphatic heterocycles. The summed E-state index contributed by atoms with van der Waals surface area (Å²) in [4.78, 5) is 23.9. The van der Waals surface area contributed by atoms with E-state index in [9.17, 15) is 4.79 Å². The fraction of sp³-hybridized carbons (Fsp3) is 0.750. The normalized spacial score (nSPS) is 24.0. The van der Waals surface area contributed by atoms with Gasteiger partial charge in [-0.05, 0) is 39.2 Å². The SMILES string of the molecule is Cc1[nH]cnc1CN1CCCC[C@H]1CCN1CCCC1=O. The Morgan fingerprint density at radius 1 is 1.33 bits per heavy atom. The molecule has 5 heteroatoms. The monoisotopic (exact) mass is 290 g/mol. The second-order valence-electron chi connectivity index (χ2n) is 6.37. The number of imidazole rings is 1. The van der Waals surface area contributed by atoms with Crippen LogP contribution < -0.4 is 0 Å². The van der Waals surface area contributed by atoms with E-state index >= 15 is 0 Å². The molecule has 2 aliphatic rings. The van der Waals surface area contributed by atoms with Crippen molar-refractivity contribution in [1.82, 2.24) is 19.8 Å². The van der Waals surface area contributed by atoms with Crippen molar-refractivity contribution in [2.45, 2.75) is 58.0 Å². The highest BCUT2D eigenvalue weighted by Gasteiger charge is 2.26. The number of carbonyl (C=O) groups is 1. The highest BCUT2D eigenvalue weighted by Crippen LogP contribution is 2.23. The maximum atomic E-state index is 11.7. The van der Waals surface area contributed by atoms with Gasteiger partial charge in [0.05, 0.1) is 12.0 Å². The van der Waals surface area contributed by atoms with Gasteiger partial charge in [0.1, 0.15) is 0 Å². The summed E-state index contributed by atoms with van der Waals surface area (Å²) in [6, 6.07) is 0.600. The average molecular weight is 290 g/mol. The van der Waals surface area contributed by atoms with Gasteiger partial charge in [-0.25, -0.2) is 4.98 Å². The number of aryl methyl sites for hydroxylation is 1. The molecule has 3 heterocycles. The molecule has 5 nitrogen and oxygen atoms in total. The Bertz CT molecular complexity index is 484. The number of carbonyl (C=O) groups excluding carboxylic acids is 1. The third kappa shape index (κ3) is 3.46. The van der Waals surface area contributed by atoms with Crippen molar-refractivity contribution >= 4 is 5.91 Å². The van der Waals surface area contributed by atoms with Crippen LogP contribution in [-0.4, -0.2) is 51.4 Å². The van der Waals surface area contributed by atoms with Crippen LogP contribution >= 0.6 is 0 Å². The highest BCUT2D eigenvalue weighted by atomic mass is 16.2. The summed E-state index contributed by atoms with van der Waals surface area (Å²) in [6.07, 6.45) is 8.53. The highest BCUT2D eigenvalue weighted by molar-refractivity contribution is 5.77. The molecule has 2 fully saturated rings. The topological polar surface area (TPSA) is 52.2 Å². The van der Waals surface area contributed by atoms with Crippen LogP contribution in [0.2, 0.25) is 0 Å².